The number of anilines is 1. The minimum absolute atomic E-state index is 0.0859. The van der Waals surface area contributed by atoms with Crippen LogP contribution in [0.3, 0.4) is 0 Å². The van der Waals surface area contributed by atoms with Crippen LogP contribution in [0.4, 0.5) is 5.69 Å². The van der Waals surface area contributed by atoms with Gasteiger partial charge in [-0.15, -0.1) is 0 Å². The average Bonchev–Trinajstić information content (AvgIpc) is 3.02. The molecule has 0 atom stereocenters. The van der Waals surface area contributed by atoms with E-state index in [1.807, 2.05) is 35.9 Å². The van der Waals surface area contributed by atoms with E-state index in [1.54, 1.807) is 18.2 Å². The molecule has 29 heavy (non-hydrogen) atoms. The van der Waals surface area contributed by atoms with Gasteiger partial charge in [0, 0.05) is 39.7 Å². The Kier molecular flexibility index (Phi) is 6.04. The summed E-state index contributed by atoms with van der Waals surface area (Å²) in [5, 5.41) is 2.90. The number of sulfonamides is 1. The Bertz CT molecular complexity index is 1130. The van der Waals surface area contributed by atoms with Crippen molar-refractivity contribution in [3.05, 3.63) is 53.9 Å². The number of nitrogens with zero attached hydrogens (tertiary/aromatic N) is 3. The van der Waals surface area contributed by atoms with Crippen LogP contribution in [0.15, 0.2) is 47.4 Å². The van der Waals surface area contributed by atoms with Crippen molar-refractivity contribution in [1.29, 1.82) is 0 Å². The molecule has 0 aliphatic carbocycles. The molecule has 0 saturated heterocycles. The van der Waals surface area contributed by atoms with Gasteiger partial charge in [0.25, 0.3) is 0 Å². The Morgan fingerprint density at radius 1 is 1.14 bits per heavy atom. The van der Waals surface area contributed by atoms with Gasteiger partial charge in [-0.25, -0.2) is 17.7 Å². The molecule has 1 amide bonds. The van der Waals surface area contributed by atoms with Crippen LogP contribution in [0.25, 0.3) is 11.0 Å². The van der Waals surface area contributed by atoms with Gasteiger partial charge in [-0.1, -0.05) is 19.1 Å². The van der Waals surface area contributed by atoms with Crippen LogP contribution >= 0.6 is 0 Å². The molecule has 0 unspecified atom stereocenters. The van der Waals surface area contributed by atoms with Gasteiger partial charge in [0.15, 0.2) is 0 Å². The Labute approximate surface area is 171 Å². The highest BCUT2D eigenvalue weighted by Crippen LogP contribution is 2.22. The fourth-order valence-electron chi connectivity index (χ4n) is 3.10. The van der Waals surface area contributed by atoms with Crippen molar-refractivity contribution in [2.45, 2.75) is 31.1 Å². The molecule has 0 saturated carbocycles. The van der Waals surface area contributed by atoms with Crippen LogP contribution in [0, 0.1) is 0 Å². The number of benzene rings is 2. The van der Waals surface area contributed by atoms with Gasteiger partial charge >= 0.3 is 0 Å². The van der Waals surface area contributed by atoms with Gasteiger partial charge in [0.1, 0.15) is 5.82 Å². The van der Waals surface area contributed by atoms with E-state index in [0.29, 0.717) is 11.9 Å². The smallest absolute Gasteiger partial charge is 0.242 e. The van der Waals surface area contributed by atoms with Crippen LogP contribution in [-0.2, 0) is 34.7 Å². The molecular weight excluding hydrogens is 388 g/mol. The van der Waals surface area contributed by atoms with E-state index in [1.165, 1.54) is 24.0 Å². The first-order valence-corrected chi connectivity index (χ1v) is 10.9. The second-order valence-electron chi connectivity index (χ2n) is 7.12. The molecular formula is C21H26N4O3S. The molecule has 3 aromatic rings. The lowest BCUT2D eigenvalue weighted by Crippen LogP contribution is -2.22. The summed E-state index contributed by atoms with van der Waals surface area (Å²) in [5.74, 6) is 0.646. The highest BCUT2D eigenvalue weighted by atomic mass is 32.2. The molecule has 2 aromatic carbocycles. The third-order valence-electron chi connectivity index (χ3n) is 4.95. The maximum Gasteiger partial charge on any atom is 0.242 e. The van der Waals surface area contributed by atoms with Crippen molar-refractivity contribution in [3.8, 4) is 0 Å². The number of imidazole rings is 1. The van der Waals surface area contributed by atoms with E-state index in [0.717, 1.165) is 23.4 Å². The highest BCUT2D eigenvalue weighted by molar-refractivity contribution is 7.89. The van der Waals surface area contributed by atoms with Gasteiger partial charge < -0.3 is 9.88 Å². The average molecular weight is 415 g/mol. The Morgan fingerprint density at radius 3 is 2.45 bits per heavy atom. The van der Waals surface area contributed by atoms with Crippen LogP contribution < -0.4 is 5.32 Å². The monoisotopic (exact) mass is 414 g/mol. The topological polar surface area (TPSA) is 84.3 Å². The lowest BCUT2D eigenvalue weighted by molar-refractivity contribution is -0.116. The van der Waals surface area contributed by atoms with E-state index >= 15 is 0 Å². The molecule has 1 N–H and O–H groups in total. The number of fused-ring (bicyclic) bond motifs is 1. The first kappa shape index (κ1) is 21.0. The lowest BCUT2D eigenvalue weighted by atomic mass is 10.1. The number of carbonyl (C=O) groups excluding carboxylic acids is 1. The fraction of sp³-hybridized carbons (Fsp3) is 0.333. The second-order valence-corrected chi connectivity index (χ2v) is 9.28. The molecule has 0 spiro atoms. The molecule has 8 heteroatoms. The molecule has 0 aliphatic rings. The largest absolute Gasteiger partial charge is 0.331 e. The molecule has 7 nitrogen and oxygen atoms in total. The maximum absolute atomic E-state index is 12.3. The van der Waals surface area contributed by atoms with Gasteiger partial charge in [-0.3, -0.25) is 4.79 Å². The van der Waals surface area contributed by atoms with Crippen molar-refractivity contribution in [2.75, 3.05) is 19.4 Å². The molecule has 0 fully saturated rings. The van der Waals surface area contributed by atoms with Crippen LogP contribution in [0.5, 0.6) is 0 Å². The highest BCUT2D eigenvalue weighted by Gasteiger charge is 2.19. The van der Waals surface area contributed by atoms with Gasteiger partial charge in [-0.2, -0.15) is 0 Å². The summed E-state index contributed by atoms with van der Waals surface area (Å²) in [4.78, 5) is 17.0. The lowest BCUT2D eigenvalue weighted by Gasteiger charge is -2.10. The predicted molar refractivity (Wildman–Crippen MR) is 114 cm³/mol. The molecule has 3 rings (SSSR count). The normalized spacial score (nSPS) is 11.9. The van der Waals surface area contributed by atoms with Crippen LogP contribution in [-0.4, -0.2) is 42.3 Å². The fourth-order valence-corrected chi connectivity index (χ4v) is 4.02. The van der Waals surface area contributed by atoms with Gasteiger partial charge in [0.05, 0.1) is 15.9 Å². The molecule has 154 valence electrons. The number of hydrogen-bond acceptors (Lipinski definition) is 4. The van der Waals surface area contributed by atoms with Crippen LogP contribution in [0.2, 0.25) is 0 Å². The first-order chi connectivity index (χ1) is 13.7. The van der Waals surface area contributed by atoms with Crippen molar-refractivity contribution in [1.82, 2.24) is 13.9 Å². The summed E-state index contributed by atoms with van der Waals surface area (Å²) in [6.45, 7) is 2.09. The number of rotatable bonds is 7. The molecule has 1 aromatic heterocycles. The first-order valence-electron chi connectivity index (χ1n) is 9.49. The summed E-state index contributed by atoms with van der Waals surface area (Å²) in [6.07, 6.45) is 1.70. The third kappa shape index (κ3) is 4.49. The van der Waals surface area contributed by atoms with Crippen molar-refractivity contribution in [3.63, 3.8) is 0 Å². The van der Waals surface area contributed by atoms with Crippen molar-refractivity contribution >= 4 is 32.7 Å². The summed E-state index contributed by atoms with van der Waals surface area (Å²) in [6, 6.07) is 12.7. The third-order valence-corrected chi connectivity index (χ3v) is 6.76. The number of aryl methyl sites for hydroxylation is 3. The Balaban J connectivity index is 1.72. The molecule has 0 bridgehead atoms. The number of hydrogen-bond donors (Lipinski definition) is 1. The van der Waals surface area contributed by atoms with E-state index in [2.05, 4.69) is 17.2 Å². The minimum Gasteiger partial charge on any atom is -0.331 e. The number of aromatic nitrogens is 2. The van der Waals surface area contributed by atoms with Gasteiger partial charge in [-0.05, 0) is 42.3 Å². The van der Waals surface area contributed by atoms with Gasteiger partial charge in [0.2, 0.25) is 15.9 Å². The Hall–Kier alpha value is -2.71. The summed E-state index contributed by atoms with van der Waals surface area (Å²) in [5.41, 5.74) is 3.42. The zero-order chi connectivity index (χ0) is 21.2. The summed E-state index contributed by atoms with van der Waals surface area (Å²) in [7, 11) is 1.35. The number of carbonyl (C=O) groups is 1. The Morgan fingerprint density at radius 2 is 1.83 bits per heavy atom. The molecule has 0 radical (unpaired) electrons. The number of nitrogens with one attached hydrogen (secondary N) is 1. The van der Waals surface area contributed by atoms with E-state index in [-0.39, 0.29) is 17.2 Å². The predicted octanol–water partition coefficient (Wildman–Crippen LogP) is 2.96. The maximum atomic E-state index is 12.3. The second kappa shape index (κ2) is 8.34. The minimum atomic E-state index is -3.52. The number of amides is 1. The van der Waals surface area contributed by atoms with E-state index in [9.17, 15) is 13.2 Å². The zero-order valence-electron chi connectivity index (χ0n) is 17.1. The molecule has 1 heterocycles. The van der Waals surface area contributed by atoms with Crippen molar-refractivity contribution < 1.29 is 13.2 Å². The van der Waals surface area contributed by atoms with E-state index in [4.69, 9.17) is 0 Å². The summed E-state index contributed by atoms with van der Waals surface area (Å²) >= 11 is 0. The summed E-state index contributed by atoms with van der Waals surface area (Å²) < 4.78 is 27.7. The SMILES string of the molecule is CCc1ccc(NC(=O)CCc2nc3cc(S(=O)(=O)N(C)C)ccc3n2C)cc1. The molecule has 0 aliphatic heterocycles. The van der Waals surface area contributed by atoms with Crippen molar-refractivity contribution in [2.24, 2.45) is 7.05 Å². The van der Waals surface area contributed by atoms with E-state index < -0.39 is 10.0 Å². The standard InChI is InChI=1S/C21H26N4O3S/c1-5-15-6-8-16(9-7-15)22-21(26)13-12-20-23-18-14-17(29(27,28)24(2)3)10-11-19(18)25(20)4/h6-11,14H,5,12-13H2,1-4H3,(H,22,26). The zero-order valence-corrected chi connectivity index (χ0v) is 18.0. The quantitative estimate of drug-likeness (QED) is 0.644. The van der Waals surface area contributed by atoms with Crippen LogP contribution in [0.1, 0.15) is 24.7 Å².